The van der Waals surface area contributed by atoms with Crippen molar-refractivity contribution >= 4 is 28.4 Å². The molecule has 0 aliphatic rings. The minimum absolute atomic E-state index is 0.0567. The number of hydrogen-bond acceptors (Lipinski definition) is 4. The van der Waals surface area contributed by atoms with Gasteiger partial charge in [-0.05, 0) is 36.8 Å². The van der Waals surface area contributed by atoms with E-state index in [-0.39, 0.29) is 10.6 Å². The van der Waals surface area contributed by atoms with Crippen molar-refractivity contribution in [1.29, 1.82) is 0 Å². The average Bonchev–Trinajstić information content (AvgIpc) is 2.47. The summed E-state index contributed by atoms with van der Waals surface area (Å²) in [7, 11) is 0. The zero-order valence-corrected chi connectivity index (χ0v) is 12.1. The van der Waals surface area contributed by atoms with E-state index in [9.17, 15) is 10.1 Å². The second-order valence-corrected chi connectivity index (χ2v) is 5.85. The highest BCUT2D eigenvalue weighted by Gasteiger charge is 2.14. The van der Waals surface area contributed by atoms with Gasteiger partial charge in [0.1, 0.15) is 5.52 Å². The summed E-state index contributed by atoms with van der Waals surface area (Å²) in [5, 5.41) is 11.9. The number of pyridine rings is 1. The van der Waals surface area contributed by atoms with Gasteiger partial charge in [0.2, 0.25) is 0 Å². The molecule has 0 saturated heterocycles. The molecule has 0 saturated carbocycles. The van der Waals surface area contributed by atoms with E-state index in [1.165, 1.54) is 0 Å². The van der Waals surface area contributed by atoms with Crippen molar-refractivity contribution in [2.24, 2.45) is 0 Å². The van der Waals surface area contributed by atoms with Crippen LogP contribution in [0.2, 0.25) is 0 Å². The molecule has 3 aromatic rings. The summed E-state index contributed by atoms with van der Waals surface area (Å²) in [6.45, 7) is 1.85. The summed E-state index contributed by atoms with van der Waals surface area (Å²) in [4.78, 5) is 17.1. The van der Waals surface area contributed by atoms with Crippen molar-refractivity contribution < 1.29 is 4.92 Å². The van der Waals surface area contributed by atoms with E-state index in [2.05, 4.69) is 4.98 Å². The molecule has 1 heterocycles. The van der Waals surface area contributed by atoms with Crippen LogP contribution in [0.15, 0.2) is 64.5 Å². The second-order valence-electron chi connectivity index (χ2n) is 4.70. The maximum Gasteiger partial charge on any atom is 0.295 e. The first-order chi connectivity index (χ1) is 10.1. The lowest BCUT2D eigenvalue weighted by Gasteiger charge is -2.05. The van der Waals surface area contributed by atoms with E-state index in [0.29, 0.717) is 5.52 Å². The summed E-state index contributed by atoms with van der Waals surface area (Å²) in [6.07, 6.45) is 1.68. The summed E-state index contributed by atoms with van der Waals surface area (Å²) >= 11 is 1.59. The number of aryl methyl sites for hydroxylation is 1. The van der Waals surface area contributed by atoms with Gasteiger partial charge in [-0.15, -0.1) is 0 Å². The molecular weight excluding hydrogens is 284 g/mol. The highest BCUT2D eigenvalue weighted by molar-refractivity contribution is 7.99. The molecule has 0 atom stereocenters. The number of benzene rings is 2. The fourth-order valence-corrected chi connectivity index (χ4v) is 3.03. The van der Waals surface area contributed by atoms with Crippen LogP contribution in [-0.4, -0.2) is 9.91 Å². The van der Waals surface area contributed by atoms with Gasteiger partial charge in [0.25, 0.3) is 5.69 Å². The van der Waals surface area contributed by atoms with Crippen LogP contribution in [-0.2, 0) is 0 Å². The Balaban J connectivity index is 2.06. The maximum atomic E-state index is 11.1. The van der Waals surface area contributed by atoms with E-state index < -0.39 is 0 Å². The molecule has 0 radical (unpaired) electrons. The first kappa shape index (κ1) is 13.6. The molecule has 5 heteroatoms. The van der Waals surface area contributed by atoms with Crippen LogP contribution >= 0.6 is 11.8 Å². The molecule has 1 aromatic heterocycles. The van der Waals surface area contributed by atoms with Gasteiger partial charge in [0.05, 0.1) is 4.92 Å². The van der Waals surface area contributed by atoms with Gasteiger partial charge < -0.3 is 0 Å². The highest BCUT2D eigenvalue weighted by Crippen LogP contribution is 2.32. The zero-order chi connectivity index (χ0) is 14.8. The topological polar surface area (TPSA) is 56.0 Å². The van der Waals surface area contributed by atoms with Crippen LogP contribution in [0.5, 0.6) is 0 Å². The minimum atomic E-state index is -0.383. The maximum absolute atomic E-state index is 11.1. The number of rotatable bonds is 3. The minimum Gasteiger partial charge on any atom is -0.258 e. The van der Waals surface area contributed by atoms with Crippen LogP contribution in [0.4, 0.5) is 5.69 Å². The van der Waals surface area contributed by atoms with Crippen molar-refractivity contribution in [3.8, 4) is 0 Å². The Bertz CT molecular complexity index is 819. The molecule has 0 unspecified atom stereocenters. The third kappa shape index (κ3) is 2.87. The molecule has 104 valence electrons. The molecular formula is C16H12N2O2S. The number of aromatic nitrogens is 1. The summed E-state index contributed by atoms with van der Waals surface area (Å²) in [6, 6.07) is 15.4. The van der Waals surface area contributed by atoms with Gasteiger partial charge in [0, 0.05) is 27.4 Å². The van der Waals surface area contributed by atoms with Gasteiger partial charge in [-0.1, -0.05) is 30.0 Å². The summed E-state index contributed by atoms with van der Waals surface area (Å²) in [5.74, 6) is 0. The van der Waals surface area contributed by atoms with E-state index in [0.717, 1.165) is 20.7 Å². The van der Waals surface area contributed by atoms with E-state index in [4.69, 9.17) is 0 Å². The number of nitro groups is 1. The molecule has 4 nitrogen and oxygen atoms in total. The molecule has 0 bridgehead atoms. The van der Waals surface area contributed by atoms with Gasteiger partial charge >= 0.3 is 0 Å². The van der Waals surface area contributed by atoms with Gasteiger partial charge in [-0.3, -0.25) is 10.1 Å². The van der Waals surface area contributed by atoms with Crippen LogP contribution in [0.25, 0.3) is 10.9 Å². The molecule has 0 fully saturated rings. The van der Waals surface area contributed by atoms with Crippen molar-refractivity contribution in [2.45, 2.75) is 16.7 Å². The Labute approximate surface area is 126 Å². The van der Waals surface area contributed by atoms with E-state index >= 15 is 0 Å². The highest BCUT2D eigenvalue weighted by atomic mass is 32.2. The molecule has 0 aliphatic carbocycles. The number of fused-ring (bicyclic) bond motifs is 1. The Hall–Kier alpha value is -2.40. The first-order valence-electron chi connectivity index (χ1n) is 6.41. The second kappa shape index (κ2) is 5.54. The Morgan fingerprint density at radius 3 is 2.57 bits per heavy atom. The van der Waals surface area contributed by atoms with Gasteiger partial charge in [-0.25, -0.2) is 4.98 Å². The third-order valence-electron chi connectivity index (χ3n) is 3.06. The van der Waals surface area contributed by atoms with Crippen LogP contribution < -0.4 is 0 Å². The Morgan fingerprint density at radius 1 is 1.10 bits per heavy atom. The van der Waals surface area contributed by atoms with Crippen LogP contribution in [0.1, 0.15) is 5.56 Å². The Kier molecular flexibility index (Phi) is 3.58. The quantitative estimate of drug-likeness (QED) is 0.523. The monoisotopic (exact) mass is 296 g/mol. The Morgan fingerprint density at radius 2 is 1.86 bits per heavy atom. The van der Waals surface area contributed by atoms with Crippen molar-refractivity contribution in [2.75, 3.05) is 0 Å². The lowest BCUT2D eigenvalue weighted by Crippen LogP contribution is -1.93. The van der Waals surface area contributed by atoms with Crippen molar-refractivity contribution in [1.82, 2.24) is 4.98 Å². The number of non-ortho nitro benzene ring substituents is 1. The first-order valence-corrected chi connectivity index (χ1v) is 7.23. The largest absolute Gasteiger partial charge is 0.295 e. The fraction of sp³-hybridized carbons (Fsp3) is 0.0625. The third-order valence-corrected chi connectivity index (χ3v) is 4.02. The fourth-order valence-electron chi connectivity index (χ4n) is 2.18. The molecule has 0 N–H and O–H groups in total. The molecule has 21 heavy (non-hydrogen) atoms. The van der Waals surface area contributed by atoms with Crippen molar-refractivity contribution in [3.63, 3.8) is 0 Å². The molecule has 2 aromatic carbocycles. The van der Waals surface area contributed by atoms with Crippen molar-refractivity contribution in [3.05, 3.63) is 70.4 Å². The van der Waals surface area contributed by atoms with Crippen LogP contribution in [0.3, 0.4) is 0 Å². The molecule has 0 spiro atoms. The zero-order valence-electron chi connectivity index (χ0n) is 11.3. The van der Waals surface area contributed by atoms with Crippen LogP contribution in [0, 0.1) is 17.0 Å². The molecule has 0 amide bonds. The lowest BCUT2D eigenvalue weighted by molar-refractivity contribution is -0.383. The number of hydrogen-bond donors (Lipinski definition) is 0. The smallest absolute Gasteiger partial charge is 0.258 e. The summed E-state index contributed by atoms with van der Waals surface area (Å²) in [5.41, 5.74) is 1.35. The average molecular weight is 296 g/mol. The summed E-state index contributed by atoms with van der Waals surface area (Å²) < 4.78 is 0. The van der Waals surface area contributed by atoms with Gasteiger partial charge in [0.15, 0.2) is 0 Å². The SMILES string of the molecule is Cc1cc([N+](=O)[O-])c2ncc(Sc3ccccc3)cc2c1. The van der Waals surface area contributed by atoms with E-state index in [1.807, 2.05) is 49.4 Å². The number of nitro benzene ring substituents is 1. The lowest BCUT2D eigenvalue weighted by atomic mass is 10.1. The van der Waals surface area contributed by atoms with Gasteiger partial charge in [-0.2, -0.15) is 0 Å². The predicted molar refractivity (Wildman–Crippen MR) is 83.7 cm³/mol. The molecule has 0 aliphatic heterocycles. The molecule has 3 rings (SSSR count). The normalized spacial score (nSPS) is 10.7. The standard InChI is InChI=1S/C16H12N2O2S/c1-11-7-12-9-14(21-13-5-3-2-4-6-13)10-17-16(12)15(8-11)18(19)20/h2-10H,1H3. The predicted octanol–water partition coefficient (Wildman–Crippen LogP) is 4.60. The number of nitrogens with zero attached hydrogens (tertiary/aromatic N) is 2. The van der Waals surface area contributed by atoms with E-state index in [1.54, 1.807) is 24.0 Å².